The van der Waals surface area contributed by atoms with Gasteiger partial charge in [-0.1, -0.05) is 79.1 Å². The second-order valence-corrected chi connectivity index (χ2v) is 8.45. The number of ether oxygens (including phenoxy) is 1. The molecule has 1 aliphatic rings. The fourth-order valence-corrected chi connectivity index (χ4v) is 4.12. The first-order valence-corrected chi connectivity index (χ1v) is 10.7. The third kappa shape index (κ3) is 10.5. The molecule has 1 rings (SSSR count). The van der Waals surface area contributed by atoms with E-state index in [1.165, 1.54) is 44.9 Å². The summed E-state index contributed by atoms with van der Waals surface area (Å²) in [6, 6.07) is 0. The Morgan fingerprint density at radius 3 is 2.12 bits per heavy atom. The molecule has 3 unspecified atom stereocenters. The number of rotatable bonds is 11. The third-order valence-corrected chi connectivity index (χ3v) is 5.77. The Morgan fingerprint density at radius 2 is 1.54 bits per heavy atom. The molecule has 0 bridgehead atoms. The van der Waals surface area contributed by atoms with Crippen LogP contribution in [0.2, 0.25) is 0 Å². The molecule has 0 radical (unpaired) electrons. The molecule has 26 heavy (non-hydrogen) atoms. The molecule has 1 aliphatic carbocycles. The van der Waals surface area contributed by atoms with Crippen molar-refractivity contribution >= 4 is 41.5 Å². The van der Waals surface area contributed by atoms with Gasteiger partial charge in [-0.2, -0.15) is 0 Å². The van der Waals surface area contributed by atoms with Crippen LogP contribution in [-0.2, 0) is 14.3 Å². The molecule has 0 N–H and O–H groups in total. The molecule has 3 nitrogen and oxygen atoms in total. The number of carbonyl (C=O) groups is 2. The Morgan fingerprint density at radius 1 is 0.962 bits per heavy atom. The summed E-state index contributed by atoms with van der Waals surface area (Å²) in [5.41, 5.74) is 0. The van der Waals surface area contributed by atoms with Crippen molar-refractivity contribution in [3.05, 3.63) is 0 Å². The van der Waals surface area contributed by atoms with Crippen LogP contribution < -0.4 is 0 Å². The van der Waals surface area contributed by atoms with Crippen molar-refractivity contribution in [3.63, 3.8) is 0 Å². The van der Waals surface area contributed by atoms with Crippen molar-refractivity contribution in [3.8, 4) is 0 Å². The van der Waals surface area contributed by atoms with E-state index in [0.29, 0.717) is 24.2 Å². The molecular weight excluding hydrogens is 335 g/mol. The van der Waals surface area contributed by atoms with Gasteiger partial charge in [-0.25, -0.2) is 0 Å². The first-order valence-electron chi connectivity index (χ1n) is 10.7. The van der Waals surface area contributed by atoms with E-state index >= 15 is 0 Å². The summed E-state index contributed by atoms with van der Waals surface area (Å²) in [5.74, 6) is 0.695. The Kier molecular flexibility index (Phi) is 15.2. The summed E-state index contributed by atoms with van der Waals surface area (Å²) < 4.78 is 5.20. The molecule has 4 heteroatoms. The first-order chi connectivity index (χ1) is 12.0. The molecular formula is C22H41NaO3. The quantitative estimate of drug-likeness (QED) is 0.203. The molecule has 0 aromatic rings. The summed E-state index contributed by atoms with van der Waals surface area (Å²) in [4.78, 5) is 24.4. The summed E-state index contributed by atoms with van der Waals surface area (Å²) in [7, 11) is 0. The minimum absolute atomic E-state index is 0. The van der Waals surface area contributed by atoms with E-state index in [9.17, 15) is 9.59 Å². The van der Waals surface area contributed by atoms with Gasteiger partial charge >= 0.3 is 41.5 Å². The van der Waals surface area contributed by atoms with Gasteiger partial charge in [0, 0.05) is 6.42 Å². The summed E-state index contributed by atoms with van der Waals surface area (Å²) in [5, 5.41) is 0. The van der Waals surface area contributed by atoms with Gasteiger partial charge in [-0.3, -0.25) is 9.59 Å². The Balaban J connectivity index is 0.00000625. The molecule has 3 atom stereocenters. The van der Waals surface area contributed by atoms with Gasteiger partial charge in [-0.15, -0.1) is 0 Å². The SMILES string of the molecule is CCCCCCCCCCC(=O)OC(=O)C1CC(C)CCC1C(C)C.[NaH]. The van der Waals surface area contributed by atoms with Gasteiger partial charge in [0.25, 0.3) is 0 Å². The van der Waals surface area contributed by atoms with Crippen LogP contribution in [0.3, 0.4) is 0 Å². The normalized spacial score (nSPS) is 22.7. The average Bonchev–Trinajstić information content (AvgIpc) is 2.56. The van der Waals surface area contributed by atoms with E-state index in [-0.39, 0.29) is 47.4 Å². The van der Waals surface area contributed by atoms with Crippen molar-refractivity contribution in [2.45, 2.75) is 105 Å². The molecule has 0 saturated heterocycles. The number of esters is 2. The molecule has 1 saturated carbocycles. The maximum atomic E-state index is 12.5. The number of unbranched alkanes of at least 4 members (excludes halogenated alkanes) is 7. The molecule has 0 aliphatic heterocycles. The van der Waals surface area contributed by atoms with Gasteiger partial charge in [0.1, 0.15) is 0 Å². The van der Waals surface area contributed by atoms with Gasteiger partial charge in [0.05, 0.1) is 5.92 Å². The van der Waals surface area contributed by atoms with Crippen LogP contribution >= 0.6 is 0 Å². The van der Waals surface area contributed by atoms with E-state index in [0.717, 1.165) is 25.7 Å². The van der Waals surface area contributed by atoms with E-state index in [1.807, 2.05) is 0 Å². The van der Waals surface area contributed by atoms with Crippen LogP contribution in [0.25, 0.3) is 0 Å². The predicted molar refractivity (Wildman–Crippen MR) is 110 cm³/mol. The van der Waals surface area contributed by atoms with E-state index in [2.05, 4.69) is 27.7 Å². The second kappa shape index (κ2) is 15.1. The van der Waals surface area contributed by atoms with Crippen LogP contribution in [0.5, 0.6) is 0 Å². The standard InChI is InChI=1S/C22H40O3.Na.H/c1-5-6-7-8-9-10-11-12-13-21(23)25-22(24)20-16-18(4)14-15-19(20)17(2)3;;/h17-20H,5-16H2,1-4H3;;. The van der Waals surface area contributed by atoms with E-state index < -0.39 is 0 Å². The van der Waals surface area contributed by atoms with Gasteiger partial charge < -0.3 is 4.74 Å². The fourth-order valence-electron chi connectivity index (χ4n) is 4.12. The topological polar surface area (TPSA) is 43.4 Å². The predicted octanol–water partition coefficient (Wildman–Crippen LogP) is 5.65. The van der Waals surface area contributed by atoms with Crippen molar-refractivity contribution in [2.75, 3.05) is 0 Å². The fraction of sp³-hybridized carbons (Fsp3) is 0.909. The van der Waals surface area contributed by atoms with Crippen molar-refractivity contribution in [1.29, 1.82) is 0 Å². The van der Waals surface area contributed by atoms with E-state index in [1.54, 1.807) is 0 Å². The van der Waals surface area contributed by atoms with Gasteiger partial charge in [0.15, 0.2) is 0 Å². The Labute approximate surface area is 183 Å². The van der Waals surface area contributed by atoms with Crippen molar-refractivity contribution < 1.29 is 14.3 Å². The molecule has 0 amide bonds. The van der Waals surface area contributed by atoms with Crippen LogP contribution in [0.4, 0.5) is 0 Å². The average molecular weight is 377 g/mol. The summed E-state index contributed by atoms with van der Waals surface area (Å²) >= 11 is 0. The number of hydrogen-bond acceptors (Lipinski definition) is 3. The molecule has 148 valence electrons. The Hall–Kier alpha value is 0.140. The zero-order chi connectivity index (χ0) is 18.7. The summed E-state index contributed by atoms with van der Waals surface area (Å²) in [6.45, 7) is 8.76. The zero-order valence-electron chi connectivity index (χ0n) is 17.0. The van der Waals surface area contributed by atoms with Crippen molar-refractivity contribution in [1.82, 2.24) is 0 Å². The van der Waals surface area contributed by atoms with Crippen LogP contribution in [0, 0.1) is 23.7 Å². The van der Waals surface area contributed by atoms with Crippen LogP contribution in [-0.4, -0.2) is 41.5 Å². The zero-order valence-corrected chi connectivity index (χ0v) is 17.0. The molecule has 0 spiro atoms. The van der Waals surface area contributed by atoms with Gasteiger partial charge in [-0.05, 0) is 37.0 Å². The maximum absolute atomic E-state index is 12.5. The molecule has 0 aromatic carbocycles. The van der Waals surface area contributed by atoms with E-state index in [4.69, 9.17) is 4.74 Å². The third-order valence-electron chi connectivity index (χ3n) is 5.77. The van der Waals surface area contributed by atoms with Crippen LogP contribution in [0.1, 0.15) is 105 Å². The monoisotopic (exact) mass is 376 g/mol. The molecule has 0 heterocycles. The molecule has 0 aromatic heterocycles. The number of carbonyl (C=O) groups excluding carboxylic acids is 2. The summed E-state index contributed by atoms with van der Waals surface area (Å²) in [6.07, 6.45) is 13.1. The minimum atomic E-state index is -0.322. The van der Waals surface area contributed by atoms with Gasteiger partial charge in [0.2, 0.25) is 0 Å². The second-order valence-electron chi connectivity index (χ2n) is 8.45. The molecule has 1 fully saturated rings. The first kappa shape index (κ1) is 26.1. The number of hydrogen-bond donors (Lipinski definition) is 0. The Bertz CT molecular complexity index is 395. The van der Waals surface area contributed by atoms with Crippen molar-refractivity contribution in [2.24, 2.45) is 23.7 Å². The van der Waals surface area contributed by atoms with Crippen LogP contribution in [0.15, 0.2) is 0 Å².